The van der Waals surface area contributed by atoms with Crippen molar-refractivity contribution in [2.75, 3.05) is 37.3 Å². The number of piperidine rings is 1. The lowest BCUT2D eigenvalue weighted by Gasteiger charge is -2.32. The maximum absolute atomic E-state index is 4.59. The minimum Gasteiger partial charge on any atom is -0.370 e. The van der Waals surface area contributed by atoms with Crippen LogP contribution in [0.25, 0.3) is 0 Å². The third kappa shape index (κ3) is 4.84. The van der Waals surface area contributed by atoms with Crippen molar-refractivity contribution in [3.63, 3.8) is 0 Å². The van der Waals surface area contributed by atoms with E-state index in [0.29, 0.717) is 6.04 Å². The summed E-state index contributed by atoms with van der Waals surface area (Å²) < 4.78 is 0. The van der Waals surface area contributed by atoms with E-state index in [-0.39, 0.29) is 0 Å². The summed E-state index contributed by atoms with van der Waals surface area (Å²) in [7, 11) is 2.22. The van der Waals surface area contributed by atoms with Crippen molar-refractivity contribution in [1.29, 1.82) is 0 Å². The molecular weight excluding hydrogens is 262 g/mol. The number of anilines is 2. The quantitative estimate of drug-likeness (QED) is 0.809. The summed E-state index contributed by atoms with van der Waals surface area (Å²) in [6.07, 6.45) is 5.90. The molecule has 5 heteroatoms. The molecule has 0 aromatic carbocycles. The molecule has 1 aliphatic rings. The Labute approximate surface area is 128 Å². The van der Waals surface area contributed by atoms with E-state index < -0.39 is 0 Å². The van der Waals surface area contributed by atoms with Crippen molar-refractivity contribution in [3.05, 3.63) is 11.9 Å². The molecule has 2 rings (SSSR count). The predicted octanol–water partition coefficient (Wildman–Crippen LogP) is 2.76. The second-order valence-corrected chi connectivity index (χ2v) is 5.85. The third-order valence-electron chi connectivity index (χ3n) is 4.09. The Hall–Kier alpha value is -1.36. The molecule has 0 aliphatic carbocycles. The summed E-state index contributed by atoms with van der Waals surface area (Å²) in [5.41, 5.74) is 0. The van der Waals surface area contributed by atoms with Gasteiger partial charge in [0.1, 0.15) is 17.5 Å². The number of likely N-dealkylation sites (tertiary alicyclic amines) is 1. The summed E-state index contributed by atoms with van der Waals surface area (Å²) >= 11 is 0. The van der Waals surface area contributed by atoms with E-state index in [1.807, 2.05) is 6.07 Å². The van der Waals surface area contributed by atoms with Crippen molar-refractivity contribution < 1.29 is 0 Å². The monoisotopic (exact) mass is 291 g/mol. The molecular formula is C16H29N5. The summed E-state index contributed by atoms with van der Waals surface area (Å²) in [6, 6.07) is 2.64. The molecule has 5 nitrogen and oxygen atoms in total. The molecule has 1 fully saturated rings. The van der Waals surface area contributed by atoms with Crippen molar-refractivity contribution in [2.24, 2.45) is 0 Å². The normalized spacial score (nSPS) is 19.5. The van der Waals surface area contributed by atoms with Crippen molar-refractivity contribution in [2.45, 2.75) is 52.0 Å². The van der Waals surface area contributed by atoms with Gasteiger partial charge < -0.3 is 15.5 Å². The van der Waals surface area contributed by atoms with E-state index >= 15 is 0 Å². The van der Waals surface area contributed by atoms with Crippen LogP contribution in [-0.2, 0) is 6.42 Å². The van der Waals surface area contributed by atoms with Gasteiger partial charge in [-0.05, 0) is 32.9 Å². The van der Waals surface area contributed by atoms with Crippen LogP contribution < -0.4 is 10.6 Å². The fraction of sp³-hybridized carbons (Fsp3) is 0.750. The lowest BCUT2D eigenvalue weighted by Crippen LogP contribution is -2.40. The standard InChI is InChI=1S/C16H29N5/c1-4-9-17-15-11-16(20-14(5-2)19-15)18-12-13-8-6-7-10-21(13)3/h11,13H,4-10,12H2,1-3H3,(H2,17,18,19,20). The van der Waals surface area contributed by atoms with Gasteiger partial charge in [0.05, 0.1) is 0 Å². The van der Waals surface area contributed by atoms with Crippen LogP contribution in [0.4, 0.5) is 11.6 Å². The zero-order valence-electron chi connectivity index (χ0n) is 13.7. The Bertz CT molecular complexity index is 435. The van der Waals surface area contributed by atoms with Gasteiger partial charge in [0.2, 0.25) is 0 Å². The average molecular weight is 291 g/mol. The number of likely N-dealkylation sites (N-methyl/N-ethyl adjacent to an activating group) is 1. The van der Waals surface area contributed by atoms with E-state index in [2.05, 4.69) is 46.4 Å². The van der Waals surface area contributed by atoms with Crippen LogP contribution in [-0.4, -0.2) is 47.6 Å². The number of hydrogen-bond acceptors (Lipinski definition) is 5. The number of nitrogens with zero attached hydrogens (tertiary/aromatic N) is 3. The number of rotatable bonds is 7. The molecule has 118 valence electrons. The van der Waals surface area contributed by atoms with Crippen LogP contribution in [0.3, 0.4) is 0 Å². The first-order chi connectivity index (χ1) is 10.2. The van der Waals surface area contributed by atoms with Gasteiger partial charge >= 0.3 is 0 Å². The Morgan fingerprint density at radius 2 is 1.95 bits per heavy atom. The van der Waals surface area contributed by atoms with E-state index in [9.17, 15) is 0 Å². The highest BCUT2D eigenvalue weighted by atomic mass is 15.2. The first-order valence-electron chi connectivity index (χ1n) is 8.28. The smallest absolute Gasteiger partial charge is 0.132 e. The molecule has 1 atom stereocenters. The Morgan fingerprint density at radius 1 is 1.19 bits per heavy atom. The highest BCUT2D eigenvalue weighted by Crippen LogP contribution is 2.17. The highest BCUT2D eigenvalue weighted by molar-refractivity contribution is 5.47. The molecule has 21 heavy (non-hydrogen) atoms. The van der Waals surface area contributed by atoms with Gasteiger partial charge in [-0.1, -0.05) is 20.3 Å². The molecule has 1 aromatic rings. The SMILES string of the molecule is CCCNc1cc(NCC2CCCCN2C)nc(CC)n1. The van der Waals surface area contributed by atoms with Gasteiger partial charge in [0.15, 0.2) is 0 Å². The number of hydrogen-bond donors (Lipinski definition) is 2. The fourth-order valence-electron chi connectivity index (χ4n) is 2.71. The fourth-order valence-corrected chi connectivity index (χ4v) is 2.71. The third-order valence-corrected chi connectivity index (χ3v) is 4.09. The Morgan fingerprint density at radius 3 is 2.62 bits per heavy atom. The molecule has 1 saturated heterocycles. The van der Waals surface area contributed by atoms with E-state index in [0.717, 1.165) is 43.4 Å². The summed E-state index contributed by atoms with van der Waals surface area (Å²) in [5.74, 6) is 2.78. The zero-order chi connectivity index (χ0) is 15.1. The minimum absolute atomic E-state index is 0.617. The summed E-state index contributed by atoms with van der Waals surface area (Å²) in [4.78, 5) is 11.6. The predicted molar refractivity (Wildman–Crippen MR) is 88.9 cm³/mol. The van der Waals surface area contributed by atoms with Crippen LogP contribution in [0.15, 0.2) is 6.07 Å². The molecule has 0 bridgehead atoms. The number of aryl methyl sites for hydroxylation is 1. The summed E-state index contributed by atoms with van der Waals surface area (Å²) in [6.45, 7) is 7.37. The molecule has 0 amide bonds. The molecule has 1 aliphatic heterocycles. The van der Waals surface area contributed by atoms with Gasteiger partial charge in [-0.2, -0.15) is 0 Å². The van der Waals surface area contributed by atoms with Gasteiger partial charge in [0, 0.05) is 31.6 Å². The maximum atomic E-state index is 4.59. The topological polar surface area (TPSA) is 53.1 Å². The van der Waals surface area contributed by atoms with Crippen LogP contribution >= 0.6 is 0 Å². The van der Waals surface area contributed by atoms with E-state index in [1.165, 1.54) is 25.8 Å². The van der Waals surface area contributed by atoms with Gasteiger partial charge in [0.25, 0.3) is 0 Å². The minimum atomic E-state index is 0.617. The Kier molecular flexibility index (Phi) is 6.23. The maximum Gasteiger partial charge on any atom is 0.132 e. The molecule has 2 heterocycles. The molecule has 1 unspecified atom stereocenters. The molecule has 0 saturated carbocycles. The largest absolute Gasteiger partial charge is 0.370 e. The van der Waals surface area contributed by atoms with Crippen LogP contribution in [0, 0.1) is 0 Å². The molecule has 0 radical (unpaired) electrons. The molecule has 2 N–H and O–H groups in total. The molecule has 0 spiro atoms. The number of nitrogens with one attached hydrogen (secondary N) is 2. The first kappa shape index (κ1) is 16.0. The van der Waals surface area contributed by atoms with Crippen LogP contribution in [0.1, 0.15) is 45.4 Å². The summed E-state index contributed by atoms with van der Waals surface area (Å²) in [5, 5.41) is 6.86. The lowest BCUT2D eigenvalue weighted by atomic mass is 10.0. The second kappa shape index (κ2) is 8.17. The lowest BCUT2D eigenvalue weighted by molar-refractivity contribution is 0.194. The van der Waals surface area contributed by atoms with Crippen molar-refractivity contribution in [1.82, 2.24) is 14.9 Å². The first-order valence-corrected chi connectivity index (χ1v) is 8.28. The van der Waals surface area contributed by atoms with Gasteiger partial charge in [-0.25, -0.2) is 9.97 Å². The molecule has 1 aromatic heterocycles. The van der Waals surface area contributed by atoms with Crippen molar-refractivity contribution in [3.8, 4) is 0 Å². The van der Waals surface area contributed by atoms with Crippen LogP contribution in [0.2, 0.25) is 0 Å². The Balaban J connectivity index is 1.97. The second-order valence-electron chi connectivity index (χ2n) is 5.85. The zero-order valence-corrected chi connectivity index (χ0v) is 13.7. The highest BCUT2D eigenvalue weighted by Gasteiger charge is 2.18. The van der Waals surface area contributed by atoms with Gasteiger partial charge in [-0.3, -0.25) is 0 Å². The number of aromatic nitrogens is 2. The van der Waals surface area contributed by atoms with Crippen LogP contribution in [0.5, 0.6) is 0 Å². The average Bonchev–Trinajstić information content (AvgIpc) is 2.52. The van der Waals surface area contributed by atoms with Gasteiger partial charge in [-0.15, -0.1) is 0 Å². The van der Waals surface area contributed by atoms with E-state index in [1.54, 1.807) is 0 Å². The van der Waals surface area contributed by atoms with Crippen molar-refractivity contribution >= 4 is 11.6 Å². The van der Waals surface area contributed by atoms with E-state index in [4.69, 9.17) is 0 Å².